The molecule has 0 heterocycles. The van der Waals surface area contributed by atoms with Crippen LogP contribution >= 0.6 is 0 Å². The number of anilines is 6. The molecule has 2 nitrogen and oxygen atoms in total. The fourth-order valence-electron chi connectivity index (χ4n) is 9.82. The van der Waals surface area contributed by atoms with E-state index >= 15 is 0 Å². The molecule has 0 radical (unpaired) electrons. The average molecular weight is 841 g/mol. The summed E-state index contributed by atoms with van der Waals surface area (Å²) in [5, 5.41) is 10.2. The molecular weight excluding hydrogens is 797 g/mol. The quantitative estimate of drug-likeness (QED) is 0.134. The molecule has 0 amide bonds. The number of benzene rings is 12. The Morgan fingerprint density at radius 2 is 0.439 bits per heavy atom. The molecule has 2 heteroatoms. The van der Waals surface area contributed by atoms with Crippen LogP contribution in [0.4, 0.5) is 34.1 Å². The van der Waals surface area contributed by atoms with Crippen molar-refractivity contribution in [3.8, 4) is 33.4 Å². The van der Waals surface area contributed by atoms with Gasteiger partial charge >= 0.3 is 0 Å². The zero-order chi connectivity index (χ0) is 43.8. The maximum atomic E-state index is 2.33. The van der Waals surface area contributed by atoms with Crippen molar-refractivity contribution >= 4 is 77.2 Å². The van der Waals surface area contributed by atoms with Crippen LogP contribution in [0.5, 0.6) is 0 Å². The number of fused-ring (bicyclic) bond motifs is 6. The predicted octanol–water partition coefficient (Wildman–Crippen LogP) is 18.2. The molecule has 0 saturated heterocycles. The summed E-state index contributed by atoms with van der Waals surface area (Å²) in [5.41, 5.74) is 13.8. The third-order valence-electron chi connectivity index (χ3n) is 13.0. The van der Waals surface area contributed by atoms with E-state index in [2.05, 4.69) is 277 Å². The van der Waals surface area contributed by atoms with Crippen molar-refractivity contribution in [1.29, 1.82) is 0 Å². The van der Waals surface area contributed by atoms with E-state index in [1.807, 2.05) is 0 Å². The van der Waals surface area contributed by atoms with Gasteiger partial charge in [-0.3, -0.25) is 0 Å². The van der Waals surface area contributed by atoms with Crippen molar-refractivity contribution in [2.45, 2.75) is 0 Å². The number of hydrogen-bond acceptors (Lipinski definition) is 2. The summed E-state index contributed by atoms with van der Waals surface area (Å²) in [6.07, 6.45) is 0. The minimum Gasteiger partial charge on any atom is -0.311 e. The lowest BCUT2D eigenvalue weighted by Gasteiger charge is -2.26. The highest BCUT2D eigenvalue weighted by Crippen LogP contribution is 2.42. The molecular formula is C64H44N2. The highest BCUT2D eigenvalue weighted by Gasteiger charge is 2.17. The maximum absolute atomic E-state index is 2.33. The Hall–Kier alpha value is -8.72. The molecule has 0 bridgehead atoms. The van der Waals surface area contributed by atoms with Gasteiger partial charge in [-0.2, -0.15) is 0 Å². The van der Waals surface area contributed by atoms with Gasteiger partial charge in [-0.25, -0.2) is 0 Å². The van der Waals surface area contributed by atoms with Gasteiger partial charge in [0, 0.05) is 34.1 Å². The second kappa shape index (κ2) is 16.8. The lowest BCUT2D eigenvalue weighted by atomic mass is 9.93. The van der Waals surface area contributed by atoms with Gasteiger partial charge in [0.2, 0.25) is 0 Å². The summed E-state index contributed by atoms with van der Waals surface area (Å²) in [6.45, 7) is 0. The van der Waals surface area contributed by atoms with E-state index in [4.69, 9.17) is 0 Å². The van der Waals surface area contributed by atoms with Crippen LogP contribution in [0.3, 0.4) is 0 Å². The second-order valence-electron chi connectivity index (χ2n) is 16.9. The summed E-state index contributed by atoms with van der Waals surface area (Å²) in [4.78, 5) is 4.67. The van der Waals surface area contributed by atoms with Gasteiger partial charge < -0.3 is 9.80 Å². The minimum atomic E-state index is 1.10. The first kappa shape index (κ1) is 38.9. The van der Waals surface area contributed by atoms with Gasteiger partial charge in [0.1, 0.15) is 0 Å². The summed E-state index contributed by atoms with van der Waals surface area (Å²) in [7, 11) is 0. The molecule has 0 aliphatic carbocycles. The molecule has 0 aliphatic heterocycles. The lowest BCUT2D eigenvalue weighted by molar-refractivity contribution is 1.28. The zero-order valence-corrected chi connectivity index (χ0v) is 36.3. The molecule has 12 aromatic rings. The summed E-state index contributed by atoms with van der Waals surface area (Å²) in [5.74, 6) is 0. The van der Waals surface area contributed by atoms with Gasteiger partial charge in [0.15, 0.2) is 0 Å². The van der Waals surface area contributed by atoms with E-state index in [-0.39, 0.29) is 0 Å². The number of rotatable bonds is 9. The number of para-hydroxylation sites is 2. The Morgan fingerprint density at radius 1 is 0.182 bits per heavy atom. The van der Waals surface area contributed by atoms with Gasteiger partial charge in [0.05, 0.1) is 0 Å². The zero-order valence-electron chi connectivity index (χ0n) is 36.3. The van der Waals surface area contributed by atoms with E-state index in [1.165, 1.54) is 65.3 Å². The smallest absolute Gasteiger partial charge is 0.0462 e. The molecule has 310 valence electrons. The van der Waals surface area contributed by atoms with Crippen LogP contribution in [0, 0.1) is 0 Å². The molecule has 12 rings (SSSR count). The highest BCUT2D eigenvalue weighted by atomic mass is 15.1. The van der Waals surface area contributed by atoms with E-state index in [1.54, 1.807) is 0 Å². The van der Waals surface area contributed by atoms with Crippen LogP contribution in [0.1, 0.15) is 0 Å². The maximum Gasteiger partial charge on any atom is 0.0462 e. The van der Waals surface area contributed by atoms with Crippen molar-refractivity contribution in [3.63, 3.8) is 0 Å². The molecule has 0 fully saturated rings. The molecule has 12 aromatic carbocycles. The fraction of sp³-hybridized carbons (Fsp3) is 0. The molecule has 0 aliphatic rings. The fourth-order valence-corrected chi connectivity index (χ4v) is 9.82. The molecule has 0 spiro atoms. The molecule has 0 N–H and O–H groups in total. The molecule has 0 saturated carbocycles. The highest BCUT2D eigenvalue weighted by molar-refractivity contribution is 6.15. The topological polar surface area (TPSA) is 6.48 Å². The van der Waals surface area contributed by atoms with E-state index in [0.717, 1.165) is 45.3 Å². The van der Waals surface area contributed by atoms with Gasteiger partial charge in [-0.15, -0.1) is 0 Å². The third kappa shape index (κ3) is 7.12. The Labute approximate surface area is 385 Å². The molecule has 0 atom stereocenters. The molecule has 0 unspecified atom stereocenters. The summed E-state index contributed by atoms with van der Waals surface area (Å²) in [6, 6.07) is 96.7. The second-order valence-corrected chi connectivity index (χ2v) is 16.9. The van der Waals surface area contributed by atoms with Crippen LogP contribution in [0.2, 0.25) is 0 Å². The SMILES string of the molecule is c1ccc(N(c2ccc(-c3ccc(N(c4ccccc4)c4ccc(-c5cc6ccccc6c6ccccc56)cc4)cc3)cc2)c2ccc(-c3cc4ccccc4c4ccccc34)cc2)cc1. The largest absolute Gasteiger partial charge is 0.311 e. The molecule has 0 aromatic heterocycles. The van der Waals surface area contributed by atoms with Crippen molar-refractivity contribution < 1.29 is 0 Å². The normalized spacial score (nSPS) is 11.3. The van der Waals surface area contributed by atoms with Crippen LogP contribution < -0.4 is 9.80 Å². The monoisotopic (exact) mass is 840 g/mol. The van der Waals surface area contributed by atoms with Crippen LogP contribution in [-0.2, 0) is 0 Å². The number of hydrogen-bond donors (Lipinski definition) is 0. The Balaban J connectivity index is 0.844. The standard InChI is InChI=1S/C64H44N2/c1-3-17-51(18-4-1)65(55-39-31-47(32-40-55)63-43-49-15-7-9-21-57(49)59-23-11-13-25-61(59)63)53-35-27-45(28-36-53)46-29-37-54(38-30-46)66(52-19-5-2-6-20-52)56-41-33-48(34-42-56)64-44-50-16-8-10-22-58(50)60-24-12-14-26-62(60)64/h1-44H. The summed E-state index contributed by atoms with van der Waals surface area (Å²) < 4.78 is 0. The first-order valence-electron chi connectivity index (χ1n) is 22.7. The Morgan fingerprint density at radius 3 is 0.788 bits per heavy atom. The van der Waals surface area contributed by atoms with Gasteiger partial charge in [-0.05, 0) is 161 Å². The van der Waals surface area contributed by atoms with Crippen molar-refractivity contribution in [1.82, 2.24) is 0 Å². The van der Waals surface area contributed by atoms with Crippen LogP contribution in [0.15, 0.2) is 267 Å². The first-order chi connectivity index (χ1) is 32.7. The van der Waals surface area contributed by atoms with E-state index in [9.17, 15) is 0 Å². The Kier molecular flexibility index (Phi) is 9.89. The molecule has 66 heavy (non-hydrogen) atoms. The van der Waals surface area contributed by atoms with E-state index < -0.39 is 0 Å². The lowest BCUT2D eigenvalue weighted by Crippen LogP contribution is -2.10. The number of nitrogens with zero attached hydrogens (tertiary/aromatic N) is 2. The summed E-state index contributed by atoms with van der Waals surface area (Å²) >= 11 is 0. The van der Waals surface area contributed by atoms with E-state index in [0.29, 0.717) is 0 Å². The van der Waals surface area contributed by atoms with Gasteiger partial charge in [-0.1, -0.05) is 182 Å². The van der Waals surface area contributed by atoms with Crippen LogP contribution in [0.25, 0.3) is 76.5 Å². The average Bonchev–Trinajstić information content (AvgIpc) is 3.40. The third-order valence-corrected chi connectivity index (χ3v) is 13.0. The van der Waals surface area contributed by atoms with Crippen molar-refractivity contribution in [2.75, 3.05) is 9.80 Å². The van der Waals surface area contributed by atoms with Crippen LogP contribution in [-0.4, -0.2) is 0 Å². The van der Waals surface area contributed by atoms with Gasteiger partial charge in [0.25, 0.3) is 0 Å². The Bertz CT molecular complexity index is 3410. The van der Waals surface area contributed by atoms with Crippen molar-refractivity contribution in [3.05, 3.63) is 267 Å². The minimum absolute atomic E-state index is 1.10. The van der Waals surface area contributed by atoms with Crippen molar-refractivity contribution in [2.24, 2.45) is 0 Å². The predicted molar refractivity (Wildman–Crippen MR) is 282 cm³/mol. The first-order valence-corrected chi connectivity index (χ1v) is 22.7.